The van der Waals surface area contributed by atoms with Crippen molar-refractivity contribution in [1.29, 1.82) is 0 Å². The molecule has 0 aliphatic heterocycles. The summed E-state index contributed by atoms with van der Waals surface area (Å²) < 4.78 is 0. The van der Waals surface area contributed by atoms with Gasteiger partial charge in [-0.1, -0.05) is 17.7 Å². The highest BCUT2D eigenvalue weighted by Crippen LogP contribution is 2.21. The van der Waals surface area contributed by atoms with Crippen molar-refractivity contribution in [2.24, 2.45) is 0 Å². The van der Waals surface area contributed by atoms with Crippen LogP contribution in [0.15, 0.2) is 41.5 Å². The van der Waals surface area contributed by atoms with E-state index in [1.54, 1.807) is 20.8 Å². The molecule has 0 aliphatic rings. The average molecular weight is 348 g/mol. The van der Waals surface area contributed by atoms with E-state index in [1.165, 1.54) is 18.2 Å². The normalized spacial score (nSPS) is 14.5. The molecule has 0 aliphatic carbocycles. The van der Waals surface area contributed by atoms with Crippen LogP contribution in [0.2, 0.25) is 0 Å². The summed E-state index contributed by atoms with van der Waals surface area (Å²) in [6.45, 7) is 6.89. The number of phenols is 1. The van der Waals surface area contributed by atoms with Crippen LogP contribution < -0.4 is 0 Å². The number of carboxylic acids is 1. The zero-order valence-electron chi connectivity index (χ0n) is 15.3. The number of hydrogen-bond acceptors (Lipinski definition) is 4. The third-order valence-electron chi connectivity index (χ3n) is 4.10. The van der Waals surface area contributed by atoms with Crippen molar-refractivity contribution in [3.05, 3.63) is 52.6 Å². The molecule has 25 heavy (non-hydrogen) atoms. The molecule has 0 radical (unpaired) electrons. The first-order valence-electron chi connectivity index (χ1n) is 8.30. The second-order valence-corrected chi connectivity index (χ2v) is 6.95. The summed E-state index contributed by atoms with van der Waals surface area (Å²) in [5, 5.41) is 38.6. The lowest BCUT2D eigenvalue weighted by atomic mass is 9.94. The lowest BCUT2D eigenvalue weighted by molar-refractivity contribution is -0.0284. The number of carbonyl (C=O) groups is 1. The van der Waals surface area contributed by atoms with Gasteiger partial charge in [-0.15, -0.1) is 0 Å². The molecule has 0 amide bonds. The van der Waals surface area contributed by atoms with Gasteiger partial charge in [-0.3, -0.25) is 0 Å². The van der Waals surface area contributed by atoms with Crippen molar-refractivity contribution in [1.82, 2.24) is 0 Å². The molecule has 1 atom stereocenters. The van der Waals surface area contributed by atoms with Crippen molar-refractivity contribution < 1.29 is 25.2 Å². The van der Waals surface area contributed by atoms with Gasteiger partial charge in [0.1, 0.15) is 11.9 Å². The van der Waals surface area contributed by atoms with E-state index in [-0.39, 0.29) is 11.3 Å². The third-order valence-corrected chi connectivity index (χ3v) is 4.10. The third kappa shape index (κ3) is 6.72. The summed E-state index contributed by atoms with van der Waals surface area (Å²) in [6.07, 6.45) is 4.91. The van der Waals surface area contributed by atoms with Crippen LogP contribution in [-0.4, -0.2) is 38.1 Å². The number of allylic oxidation sites excluding steroid dienone is 3. The first-order chi connectivity index (χ1) is 11.5. The highest BCUT2D eigenvalue weighted by atomic mass is 16.4. The van der Waals surface area contributed by atoms with E-state index in [0.29, 0.717) is 12.0 Å². The second-order valence-electron chi connectivity index (χ2n) is 6.95. The van der Waals surface area contributed by atoms with Crippen molar-refractivity contribution >= 4 is 5.97 Å². The summed E-state index contributed by atoms with van der Waals surface area (Å²) in [5.74, 6) is -0.939. The summed E-state index contributed by atoms with van der Waals surface area (Å²) in [4.78, 5) is 11.0. The van der Waals surface area contributed by atoms with Gasteiger partial charge in [-0.05, 0) is 76.3 Å². The Morgan fingerprint density at radius 3 is 2.44 bits per heavy atom. The first-order valence-corrected chi connectivity index (χ1v) is 8.30. The number of phenolic OH excluding ortho intramolecular Hbond substituents is 1. The topological polar surface area (TPSA) is 98.0 Å². The molecule has 0 saturated carbocycles. The maximum atomic E-state index is 11.0. The van der Waals surface area contributed by atoms with Crippen molar-refractivity contribution in [3.63, 3.8) is 0 Å². The monoisotopic (exact) mass is 348 g/mol. The molecule has 5 nitrogen and oxygen atoms in total. The van der Waals surface area contributed by atoms with Crippen LogP contribution in [0, 0.1) is 0 Å². The van der Waals surface area contributed by atoms with Gasteiger partial charge in [0.2, 0.25) is 0 Å². The molecule has 0 heterocycles. The van der Waals surface area contributed by atoms with Crippen LogP contribution in [0.1, 0.15) is 56.5 Å². The molecule has 0 spiro atoms. The van der Waals surface area contributed by atoms with Gasteiger partial charge in [0.15, 0.2) is 0 Å². The predicted octanol–water partition coefficient (Wildman–Crippen LogP) is 3.44. The van der Waals surface area contributed by atoms with Crippen LogP contribution in [0.25, 0.3) is 0 Å². The van der Waals surface area contributed by atoms with Gasteiger partial charge in [-0.2, -0.15) is 0 Å². The summed E-state index contributed by atoms with van der Waals surface area (Å²) in [5.41, 5.74) is 1.38. The number of hydrogen-bond donors (Lipinski definition) is 4. The van der Waals surface area contributed by atoms with Gasteiger partial charge in [0.25, 0.3) is 0 Å². The Hall–Kier alpha value is -2.11. The minimum absolute atomic E-state index is 0.0816. The van der Waals surface area contributed by atoms with Crippen LogP contribution in [-0.2, 0) is 6.42 Å². The Morgan fingerprint density at radius 2 is 1.88 bits per heavy atom. The molecule has 0 saturated heterocycles. The molecule has 1 aromatic carbocycles. The number of rotatable bonds is 8. The van der Waals surface area contributed by atoms with Crippen LogP contribution >= 0.6 is 0 Å². The van der Waals surface area contributed by atoms with Gasteiger partial charge >= 0.3 is 5.97 Å². The largest absolute Gasteiger partial charge is 0.508 e. The molecule has 0 fully saturated rings. The van der Waals surface area contributed by atoms with Crippen LogP contribution in [0.3, 0.4) is 0 Å². The highest BCUT2D eigenvalue weighted by molar-refractivity contribution is 5.88. The Balaban J connectivity index is 2.66. The zero-order chi connectivity index (χ0) is 19.2. The van der Waals surface area contributed by atoms with E-state index < -0.39 is 17.7 Å². The Bertz CT molecular complexity index is 665. The molecule has 1 aromatic rings. The Labute approximate surface area is 148 Å². The Kier molecular flexibility index (Phi) is 7.39. The molecular formula is C20H28O5. The van der Waals surface area contributed by atoms with Gasteiger partial charge in [0.05, 0.1) is 11.2 Å². The minimum Gasteiger partial charge on any atom is -0.508 e. The van der Waals surface area contributed by atoms with E-state index in [9.17, 15) is 20.1 Å². The van der Waals surface area contributed by atoms with Gasteiger partial charge in [0, 0.05) is 0 Å². The number of aromatic hydroxyl groups is 1. The standard InChI is InChI=1S/C20H28O5/c1-13(6-5-7-14(2)18(22)20(3,4)25)8-9-15-12-16(19(23)24)10-11-17(15)21/h7-8,10-12,18,21-22,25H,5-6,9H2,1-4H3,(H,23,24). The average Bonchev–Trinajstić information content (AvgIpc) is 2.52. The zero-order valence-corrected chi connectivity index (χ0v) is 15.3. The summed E-state index contributed by atoms with van der Waals surface area (Å²) in [7, 11) is 0. The van der Waals surface area contributed by atoms with Crippen LogP contribution in [0.5, 0.6) is 5.75 Å². The number of benzene rings is 1. The minimum atomic E-state index is -1.17. The molecule has 4 N–H and O–H groups in total. The predicted molar refractivity (Wildman–Crippen MR) is 97.8 cm³/mol. The quantitative estimate of drug-likeness (QED) is 0.540. The molecule has 0 aromatic heterocycles. The maximum Gasteiger partial charge on any atom is 0.335 e. The van der Waals surface area contributed by atoms with Gasteiger partial charge in [-0.25, -0.2) is 4.79 Å². The first kappa shape index (κ1) is 20.9. The van der Waals surface area contributed by atoms with E-state index in [2.05, 4.69) is 0 Å². The lowest BCUT2D eigenvalue weighted by Crippen LogP contribution is -2.36. The van der Waals surface area contributed by atoms with Crippen LogP contribution in [0.4, 0.5) is 0 Å². The fraction of sp³-hybridized carbons (Fsp3) is 0.450. The maximum absolute atomic E-state index is 11.0. The van der Waals surface area contributed by atoms with Gasteiger partial charge < -0.3 is 20.4 Å². The molecule has 1 unspecified atom stereocenters. The van der Waals surface area contributed by atoms with E-state index in [1.807, 2.05) is 19.1 Å². The van der Waals surface area contributed by atoms with Crippen molar-refractivity contribution in [2.45, 2.75) is 58.7 Å². The highest BCUT2D eigenvalue weighted by Gasteiger charge is 2.25. The molecular weight excluding hydrogens is 320 g/mol. The van der Waals surface area contributed by atoms with Crippen molar-refractivity contribution in [2.75, 3.05) is 0 Å². The van der Waals surface area contributed by atoms with Crippen molar-refractivity contribution in [3.8, 4) is 5.75 Å². The smallest absolute Gasteiger partial charge is 0.335 e. The molecule has 5 heteroatoms. The van der Waals surface area contributed by atoms with E-state index in [0.717, 1.165) is 24.0 Å². The lowest BCUT2D eigenvalue weighted by Gasteiger charge is -2.25. The summed E-state index contributed by atoms with van der Waals surface area (Å²) in [6, 6.07) is 4.25. The van der Waals surface area contributed by atoms with E-state index >= 15 is 0 Å². The second kappa shape index (κ2) is 8.83. The molecule has 138 valence electrons. The fourth-order valence-corrected chi connectivity index (χ4v) is 2.46. The molecule has 1 rings (SSSR count). The number of aliphatic hydroxyl groups excluding tert-OH is 1. The number of aliphatic hydroxyl groups is 2. The summed E-state index contributed by atoms with van der Waals surface area (Å²) >= 11 is 0. The molecule has 0 bridgehead atoms. The number of aromatic carboxylic acids is 1. The Morgan fingerprint density at radius 1 is 1.24 bits per heavy atom. The SMILES string of the molecule is CC(=CCc1cc(C(=O)O)ccc1O)CCC=C(C)C(O)C(C)(C)O. The van der Waals surface area contributed by atoms with E-state index in [4.69, 9.17) is 5.11 Å². The number of carboxylic acid groups (broad SMARTS) is 1. The fourth-order valence-electron chi connectivity index (χ4n) is 2.46.